The van der Waals surface area contributed by atoms with E-state index in [2.05, 4.69) is 15.3 Å². The summed E-state index contributed by atoms with van der Waals surface area (Å²) in [5.41, 5.74) is 4.38. The fourth-order valence-electron chi connectivity index (χ4n) is 4.55. The first-order chi connectivity index (χ1) is 19.3. The van der Waals surface area contributed by atoms with Crippen LogP contribution in [0.15, 0.2) is 65.5 Å². The standard InChI is InChI=1S/C16H18N2O3.C16H24N2O/c1-3-21-16(20)10-13-5-4-6-14(9-13)11-18-15(19)8-7-12(2)17-18;1-14-6-8-15(9-7-14)16(19)17-10-5-13-18-11-3-2-4-12-18/h4-9H,3,10-11H2,1-2H3;6-9H,2-5,10-13H2,1H3,(H,17,19). The van der Waals surface area contributed by atoms with E-state index in [1.807, 2.05) is 62.4 Å². The quantitative estimate of drug-likeness (QED) is 0.301. The second kappa shape index (κ2) is 16.4. The number of esters is 1. The minimum atomic E-state index is -0.250. The largest absolute Gasteiger partial charge is 0.466 e. The highest BCUT2D eigenvalue weighted by atomic mass is 16.5. The number of hydrogen-bond acceptors (Lipinski definition) is 6. The molecular formula is C32H42N4O4. The number of hydrogen-bond donors (Lipinski definition) is 1. The molecule has 1 N–H and O–H groups in total. The van der Waals surface area contributed by atoms with Crippen molar-refractivity contribution in [2.75, 3.05) is 32.8 Å². The molecule has 2 heterocycles. The van der Waals surface area contributed by atoms with Crippen LogP contribution in [0.4, 0.5) is 0 Å². The molecule has 8 heteroatoms. The average molecular weight is 547 g/mol. The summed E-state index contributed by atoms with van der Waals surface area (Å²) in [6.07, 6.45) is 5.31. The second-order valence-corrected chi connectivity index (χ2v) is 10.2. The fraction of sp³-hybridized carbons (Fsp3) is 0.438. The van der Waals surface area contributed by atoms with Crippen molar-refractivity contribution in [3.63, 3.8) is 0 Å². The number of aryl methyl sites for hydroxylation is 2. The van der Waals surface area contributed by atoms with E-state index in [4.69, 9.17) is 4.74 Å². The van der Waals surface area contributed by atoms with Crippen LogP contribution in [-0.2, 0) is 22.5 Å². The SMILES string of the molecule is CCOC(=O)Cc1cccc(Cn2nc(C)ccc2=O)c1.Cc1ccc(C(=O)NCCCN2CCCCC2)cc1. The molecule has 1 fully saturated rings. The Morgan fingerprint density at radius 1 is 0.950 bits per heavy atom. The third-order valence-corrected chi connectivity index (χ3v) is 6.68. The van der Waals surface area contributed by atoms with Gasteiger partial charge < -0.3 is 15.0 Å². The number of carbonyl (C=O) groups is 2. The summed E-state index contributed by atoms with van der Waals surface area (Å²) < 4.78 is 6.35. The van der Waals surface area contributed by atoms with Gasteiger partial charge in [-0.1, -0.05) is 48.4 Å². The second-order valence-electron chi connectivity index (χ2n) is 10.2. The molecule has 3 aromatic rings. The molecule has 1 aliphatic rings. The van der Waals surface area contributed by atoms with Crippen LogP contribution in [-0.4, -0.2) is 59.3 Å². The van der Waals surface area contributed by atoms with Gasteiger partial charge in [0.1, 0.15) is 0 Å². The third-order valence-electron chi connectivity index (χ3n) is 6.68. The first kappa shape index (κ1) is 30.8. The maximum absolute atomic E-state index is 11.9. The van der Waals surface area contributed by atoms with Gasteiger partial charge in [0, 0.05) is 18.2 Å². The van der Waals surface area contributed by atoms with Crippen molar-refractivity contribution >= 4 is 11.9 Å². The van der Waals surface area contributed by atoms with Gasteiger partial charge in [0.2, 0.25) is 0 Å². The van der Waals surface area contributed by atoms with Gasteiger partial charge in [0.15, 0.2) is 0 Å². The van der Waals surface area contributed by atoms with Gasteiger partial charge in [-0.3, -0.25) is 14.4 Å². The van der Waals surface area contributed by atoms with Crippen molar-refractivity contribution in [3.05, 3.63) is 99.0 Å². The van der Waals surface area contributed by atoms with E-state index < -0.39 is 0 Å². The fourth-order valence-corrected chi connectivity index (χ4v) is 4.55. The molecule has 214 valence electrons. The molecule has 2 aromatic carbocycles. The van der Waals surface area contributed by atoms with Gasteiger partial charge >= 0.3 is 5.97 Å². The Kier molecular flexibility index (Phi) is 12.6. The summed E-state index contributed by atoms with van der Waals surface area (Å²) in [7, 11) is 0. The Morgan fingerprint density at radius 2 is 1.68 bits per heavy atom. The predicted octanol–water partition coefficient (Wildman–Crippen LogP) is 4.31. The number of likely N-dealkylation sites (tertiary alicyclic amines) is 1. The molecule has 1 aliphatic heterocycles. The maximum atomic E-state index is 11.9. The minimum Gasteiger partial charge on any atom is -0.466 e. The number of nitrogens with one attached hydrogen (secondary N) is 1. The lowest BCUT2D eigenvalue weighted by Gasteiger charge is -2.26. The number of amides is 1. The molecule has 4 rings (SSSR count). The van der Waals surface area contributed by atoms with Crippen molar-refractivity contribution in [2.24, 2.45) is 0 Å². The summed E-state index contributed by atoms with van der Waals surface area (Å²) in [6.45, 7) is 10.7. The van der Waals surface area contributed by atoms with E-state index in [9.17, 15) is 14.4 Å². The lowest BCUT2D eigenvalue weighted by molar-refractivity contribution is -0.142. The van der Waals surface area contributed by atoms with Gasteiger partial charge in [0.05, 0.1) is 25.3 Å². The molecule has 0 atom stereocenters. The molecule has 0 unspecified atom stereocenters. The van der Waals surface area contributed by atoms with Crippen molar-refractivity contribution < 1.29 is 14.3 Å². The van der Waals surface area contributed by atoms with Crippen LogP contribution >= 0.6 is 0 Å². The lowest BCUT2D eigenvalue weighted by atomic mass is 10.1. The molecule has 0 spiro atoms. The van der Waals surface area contributed by atoms with Crippen molar-refractivity contribution in [2.45, 2.75) is 59.4 Å². The molecule has 1 saturated heterocycles. The number of ether oxygens (including phenoxy) is 1. The van der Waals surface area contributed by atoms with Gasteiger partial charge in [-0.2, -0.15) is 5.10 Å². The van der Waals surface area contributed by atoms with E-state index in [0.29, 0.717) is 13.2 Å². The molecule has 0 saturated carbocycles. The van der Waals surface area contributed by atoms with Crippen LogP contribution in [0.25, 0.3) is 0 Å². The van der Waals surface area contributed by atoms with E-state index in [-0.39, 0.29) is 23.9 Å². The first-order valence-electron chi connectivity index (χ1n) is 14.2. The summed E-state index contributed by atoms with van der Waals surface area (Å²) in [5, 5.41) is 7.19. The van der Waals surface area contributed by atoms with Crippen LogP contribution in [0.1, 0.15) is 65.3 Å². The molecule has 1 aromatic heterocycles. The Hall–Kier alpha value is -3.78. The minimum absolute atomic E-state index is 0.0404. The van der Waals surface area contributed by atoms with Crippen LogP contribution < -0.4 is 10.9 Å². The Morgan fingerprint density at radius 3 is 2.40 bits per heavy atom. The van der Waals surface area contributed by atoms with Crippen molar-refractivity contribution in [1.82, 2.24) is 20.0 Å². The summed E-state index contributed by atoms with van der Waals surface area (Å²) in [4.78, 5) is 37.6. The molecular weight excluding hydrogens is 504 g/mol. The van der Waals surface area contributed by atoms with Crippen LogP contribution in [0.5, 0.6) is 0 Å². The first-order valence-corrected chi connectivity index (χ1v) is 14.2. The highest BCUT2D eigenvalue weighted by Gasteiger charge is 2.10. The van der Waals surface area contributed by atoms with E-state index in [0.717, 1.165) is 41.9 Å². The van der Waals surface area contributed by atoms with Crippen molar-refractivity contribution in [1.29, 1.82) is 0 Å². The number of nitrogens with zero attached hydrogens (tertiary/aromatic N) is 3. The number of piperidine rings is 1. The zero-order valence-electron chi connectivity index (χ0n) is 24.0. The number of benzene rings is 2. The molecule has 40 heavy (non-hydrogen) atoms. The summed E-state index contributed by atoms with van der Waals surface area (Å²) >= 11 is 0. The zero-order valence-corrected chi connectivity index (χ0v) is 24.0. The predicted molar refractivity (Wildman–Crippen MR) is 158 cm³/mol. The number of rotatable bonds is 10. The molecule has 0 bridgehead atoms. The van der Waals surface area contributed by atoms with Crippen LogP contribution in [0.3, 0.4) is 0 Å². The van der Waals surface area contributed by atoms with Crippen molar-refractivity contribution in [3.8, 4) is 0 Å². The average Bonchev–Trinajstić information content (AvgIpc) is 2.95. The third kappa shape index (κ3) is 10.8. The van der Waals surface area contributed by atoms with Crippen LogP contribution in [0.2, 0.25) is 0 Å². The summed E-state index contributed by atoms with van der Waals surface area (Å²) in [6, 6.07) is 18.5. The Labute approximate surface area is 237 Å². The Balaban J connectivity index is 0.000000222. The number of aromatic nitrogens is 2. The van der Waals surface area contributed by atoms with Crippen LogP contribution in [0, 0.1) is 13.8 Å². The molecule has 0 radical (unpaired) electrons. The van der Waals surface area contributed by atoms with E-state index in [1.54, 1.807) is 13.0 Å². The van der Waals surface area contributed by atoms with Gasteiger partial charge in [-0.15, -0.1) is 0 Å². The topological polar surface area (TPSA) is 93.5 Å². The Bertz CT molecular complexity index is 1280. The maximum Gasteiger partial charge on any atom is 0.310 e. The highest BCUT2D eigenvalue weighted by molar-refractivity contribution is 5.94. The smallest absolute Gasteiger partial charge is 0.310 e. The number of carbonyl (C=O) groups excluding carboxylic acids is 2. The lowest BCUT2D eigenvalue weighted by Crippen LogP contribution is -2.33. The summed E-state index contributed by atoms with van der Waals surface area (Å²) in [5.74, 6) is -0.209. The zero-order chi connectivity index (χ0) is 28.7. The van der Waals surface area contributed by atoms with Gasteiger partial charge in [-0.05, 0) is 89.0 Å². The normalized spacial score (nSPS) is 13.2. The van der Waals surface area contributed by atoms with E-state index >= 15 is 0 Å². The molecule has 1 amide bonds. The van der Waals surface area contributed by atoms with Gasteiger partial charge in [-0.25, -0.2) is 4.68 Å². The van der Waals surface area contributed by atoms with Gasteiger partial charge in [0.25, 0.3) is 11.5 Å². The van der Waals surface area contributed by atoms with E-state index in [1.165, 1.54) is 48.7 Å². The molecule has 0 aliphatic carbocycles. The monoisotopic (exact) mass is 546 g/mol. The molecule has 8 nitrogen and oxygen atoms in total. The highest BCUT2D eigenvalue weighted by Crippen LogP contribution is 2.09.